The summed E-state index contributed by atoms with van der Waals surface area (Å²) in [7, 11) is 0. The molecule has 0 aliphatic rings. The molecule has 0 aromatic heterocycles. The van der Waals surface area contributed by atoms with Crippen LogP contribution in [0.4, 0.5) is 0 Å². The van der Waals surface area contributed by atoms with E-state index in [1.165, 1.54) is 225 Å². The number of carbonyl (C=O) groups excluding carboxylic acids is 3. The van der Waals surface area contributed by atoms with E-state index in [1.807, 2.05) is 0 Å². The van der Waals surface area contributed by atoms with Gasteiger partial charge >= 0.3 is 17.9 Å². The van der Waals surface area contributed by atoms with Gasteiger partial charge in [-0.1, -0.05) is 313 Å². The first-order valence-electron chi connectivity index (χ1n) is 33.1. The van der Waals surface area contributed by atoms with Crippen LogP contribution in [-0.4, -0.2) is 37.2 Å². The van der Waals surface area contributed by atoms with Gasteiger partial charge in [0.1, 0.15) is 13.2 Å². The van der Waals surface area contributed by atoms with Crippen molar-refractivity contribution >= 4 is 17.9 Å². The highest BCUT2D eigenvalue weighted by molar-refractivity contribution is 5.71. The SMILES string of the molecule is CC/C=C\C/C=C\C/C=C\CCCCCCCCCC(=O)OC(COC(=O)CCCCCCC/C=C\CCCC)COC(=O)CCCCCCCCCCCCCCCCCCCCCCCCCCCCCCC. The predicted octanol–water partition coefficient (Wildman–Crippen LogP) is 22.6. The maximum atomic E-state index is 12.9. The third kappa shape index (κ3) is 62.1. The fourth-order valence-corrected chi connectivity index (χ4v) is 9.85. The van der Waals surface area contributed by atoms with Gasteiger partial charge in [0.25, 0.3) is 0 Å². The highest BCUT2D eigenvalue weighted by atomic mass is 16.6. The van der Waals surface area contributed by atoms with Crippen LogP contribution < -0.4 is 0 Å². The average molecular weight is 1050 g/mol. The topological polar surface area (TPSA) is 78.9 Å². The van der Waals surface area contributed by atoms with Crippen molar-refractivity contribution in [2.75, 3.05) is 13.2 Å². The molecule has 0 N–H and O–H groups in total. The lowest BCUT2D eigenvalue weighted by Crippen LogP contribution is -2.30. The maximum Gasteiger partial charge on any atom is 0.306 e. The third-order valence-electron chi connectivity index (χ3n) is 14.8. The van der Waals surface area contributed by atoms with Crippen LogP contribution >= 0.6 is 0 Å². The quantitative estimate of drug-likeness (QED) is 0.0261. The normalized spacial score (nSPS) is 12.3. The second kappa shape index (κ2) is 63.9. The second-order valence-electron chi connectivity index (χ2n) is 22.4. The largest absolute Gasteiger partial charge is 0.462 e. The molecule has 6 nitrogen and oxygen atoms in total. The molecule has 0 radical (unpaired) electrons. The van der Waals surface area contributed by atoms with Crippen LogP contribution in [0, 0.1) is 0 Å². The summed E-state index contributed by atoms with van der Waals surface area (Å²) in [6.07, 6.45) is 80.1. The average Bonchev–Trinajstić information content (AvgIpc) is 3.41. The van der Waals surface area contributed by atoms with Gasteiger partial charge in [-0.2, -0.15) is 0 Å². The van der Waals surface area contributed by atoms with Crippen molar-refractivity contribution in [1.82, 2.24) is 0 Å². The second-order valence-corrected chi connectivity index (χ2v) is 22.4. The zero-order valence-electron chi connectivity index (χ0n) is 50.3. The first kappa shape index (κ1) is 72.4. The minimum Gasteiger partial charge on any atom is -0.462 e. The van der Waals surface area contributed by atoms with E-state index in [2.05, 4.69) is 69.4 Å². The van der Waals surface area contributed by atoms with Crippen molar-refractivity contribution in [3.63, 3.8) is 0 Å². The Morgan fingerprint density at radius 3 is 0.867 bits per heavy atom. The molecule has 0 rings (SSSR count). The first-order valence-corrected chi connectivity index (χ1v) is 33.1. The molecule has 0 aliphatic carbocycles. The van der Waals surface area contributed by atoms with Crippen molar-refractivity contribution in [2.24, 2.45) is 0 Å². The van der Waals surface area contributed by atoms with E-state index in [0.717, 1.165) is 89.9 Å². The Labute approximate surface area is 467 Å². The molecule has 75 heavy (non-hydrogen) atoms. The van der Waals surface area contributed by atoms with Gasteiger partial charge in [0.2, 0.25) is 0 Å². The molecular formula is C69H126O6. The highest BCUT2D eigenvalue weighted by Gasteiger charge is 2.19. The van der Waals surface area contributed by atoms with Crippen LogP contribution in [0.1, 0.15) is 355 Å². The fourth-order valence-electron chi connectivity index (χ4n) is 9.85. The molecule has 0 fully saturated rings. The van der Waals surface area contributed by atoms with Crippen molar-refractivity contribution in [1.29, 1.82) is 0 Å². The maximum absolute atomic E-state index is 12.9. The Hall–Kier alpha value is -2.63. The summed E-state index contributed by atoms with van der Waals surface area (Å²) in [5, 5.41) is 0. The number of unbranched alkanes of at least 4 members (excludes halogenated alkanes) is 42. The smallest absolute Gasteiger partial charge is 0.306 e. The molecule has 0 amide bonds. The molecule has 0 saturated heterocycles. The van der Waals surface area contributed by atoms with E-state index in [0.29, 0.717) is 19.3 Å². The fraction of sp³-hybridized carbons (Fsp3) is 0.841. The summed E-state index contributed by atoms with van der Waals surface area (Å²) in [5.74, 6) is -0.878. The molecule has 1 unspecified atom stereocenters. The lowest BCUT2D eigenvalue weighted by molar-refractivity contribution is -0.167. The van der Waals surface area contributed by atoms with Crippen LogP contribution in [0.2, 0.25) is 0 Å². The van der Waals surface area contributed by atoms with Gasteiger partial charge in [-0.05, 0) is 70.6 Å². The van der Waals surface area contributed by atoms with Gasteiger partial charge in [0.05, 0.1) is 0 Å². The van der Waals surface area contributed by atoms with Crippen LogP contribution in [0.3, 0.4) is 0 Å². The van der Waals surface area contributed by atoms with Crippen molar-refractivity contribution in [2.45, 2.75) is 361 Å². The number of ether oxygens (including phenoxy) is 3. The predicted molar refractivity (Wildman–Crippen MR) is 325 cm³/mol. The number of esters is 3. The number of hydrogen-bond donors (Lipinski definition) is 0. The summed E-state index contributed by atoms with van der Waals surface area (Å²) in [6, 6.07) is 0. The summed E-state index contributed by atoms with van der Waals surface area (Å²) in [6.45, 7) is 6.53. The van der Waals surface area contributed by atoms with Gasteiger partial charge < -0.3 is 14.2 Å². The van der Waals surface area contributed by atoms with Gasteiger partial charge in [0, 0.05) is 19.3 Å². The summed E-state index contributed by atoms with van der Waals surface area (Å²) >= 11 is 0. The van der Waals surface area contributed by atoms with Crippen LogP contribution in [0.5, 0.6) is 0 Å². The van der Waals surface area contributed by atoms with E-state index in [9.17, 15) is 14.4 Å². The Morgan fingerprint density at radius 1 is 0.280 bits per heavy atom. The standard InChI is InChI=1S/C69H126O6/c1-4-7-10-13-16-19-22-24-26-28-29-30-31-32-33-34-35-36-37-38-39-41-42-44-47-50-53-56-59-62-68(71)74-65-66(64-73-67(70)61-58-55-52-49-46-21-18-15-12-9-6-3)75-69(72)63-60-57-54-51-48-45-43-40-27-25-23-20-17-14-11-8-5-2/h8,11,15,17-18,20,25,27,66H,4-7,9-10,12-14,16,19,21-24,26,28-65H2,1-3H3/b11-8-,18-15-,20-17-,27-25-. The van der Waals surface area contributed by atoms with Crippen molar-refractivity contribution < 1.29 is 28.6 Å². The Morgan fingerprint density at radius 2 is 0.533 bits per heavy atom. The highest BCUT2D eigenvalue weighted by Crippen LogP contribution is 2.18. The molecule has 0 spiro atoms. The Balaban J connectivity index is 4.13. The number of allylic oxidation sites excluding steroid dienone is 8. The van der Waals surface area contributed by atoms with Gasteiger partial charge in [0.15, 0.2) is 6.10 Å². The minimum absolute atomic E-state index is 0.0765. The van der Waals surface area contributed by atoms with E-state index < -0.39 is 6.10 Å². The summed E-state index contributed by atoms with van der Waals surface area (Å²) in [4.78, 5) is 38.2. The van der Waals surface area contributed by atoms with Gasteiger partial charge in [-0.3, -0.25) is 14.4 Å². The Kier molecular flexibility index (Phi) is 61.7. The van der Waals surface area contributed by atoms with E-state index in [1.54, 1.807) is 0 Å². The zero-order valence-corrected chi connectivity index (χ0v) is 50.3. The summed E-state index contributed by atoms with van der Waals surface area (Å²) in [5.41, 5.74) is 0. The number of rotatable bonds is 61. The zero-order chi connectivity index (χ0) is 54.3. The molecule has 0 aliphatic heterocycles. The van der Waals surface area contributed by atoms with Crippen molar-refractivity contribution in [3.8, 4) is 0 Å². The van der Waals surface area contributed by atoms with Crippen LogP contribution in [0.15, 0.2) is 48.6 Å². The van der Waals surface area contributed by atoms with Crippen LogP contribution in [-0.2, 0) is 28.6 Å². The molecule has 438 valence electrons. The van der Waals surface area contributed by atoms with E-state index in [4.69, 9.17) is 14.2 Å². The molecule has 0 heterocycles. The molecule has 0 saturated carbocycles. The van der Waals surface area contributed by atoms with E-state index >= 15 is 0 Å². The van der Waals surface area contributed by atoms with Crippen molar-refractivity contribution in [3.05, 3.63) is 48.6 Å². The molecule has 1 atom stereocenters. The number of hydrogen-bond acceptors (Lipinski definition) is 6. The lowest BCUT2D eigenvalue weighted by atomic mass is 10.0. The summed E-state index contributed by atoms with van der Waals surface area (Å²) < 4.78 is 16.9. The molecule has 0 bridgehead atoms. The number of carbonyl (C=O) groups is 3. The minimum atomic E-state index is -0.780. The van der Waals surface area contributed by atoms with Crippen LogP contribution in [0.25, 0.3) is 0 Å². The molecular weight excluding hydrogens is 925 g/mol. The first-order chi connectivity index (χ1) is 37.0. The lowest BCUT2D eigenvalue weighted by Gasteiger charge is -2.18. The molecule has 6 heteroatoms. The van der Waals surface area contributed by atoms with Gasteiger partial charge in [-0.15, -0.1) is 0 Å². The molecule has 0 aromatic carbocycles. The monoisotopic (exact) mass is 1050 g/mol. The molecule has 0 aromatic rings. The third-order valence-corrected chi connectivity index (χ3v) is 14.8. The Bertz CT molecular complexity index is 1300. The van der Waals surface area contributed by atoms with E-state index in [-0.39, 0.29) is 31.1 Å². The van der Waals surface area contributed by atoms with Gasteiger partial charge in [-0.25, -0.2) is 0 Å².